The summed E-state index contributed by atoms with van der Waals surface area (Å²) in [6.45, 7) is 10.3. The lowest BCUT2D eigenvalue weighted by Gasteiger charge is -2.42. The van der Waals surface area contributed by atoms with Crippen LogP contribution in [0.5, 0.6) is 0 Å². The summed E-state index contributed by atoms with van der Waals surface area (Å²) in [6, 6.07) is 14.9. The van der Waals surface area contributed by atoms with Crippen molar-refractivity contribution in [2.75, 3.05) is 13.2 Å². The van der Waals surface area contributed by atoms with Gasteiger partial charge in [0.2, 0.25) is 0 Å². The highest BCUT2D eigenvalue weighted by molar-refractivity contribution is 7.12. The first-order valence-electron chi connectivity index (χ1n) is 10.4. The Balaban J connectivity index is 1.81. The van der Waals surface area contributed by atoms with E-state index in [2.05, 4.69) is 62.9 Å². The molecular weight excluding hydrogens is 366 g/mol. The maximum absolute atomic E-state index is 13.4. The zero-order valence-electron chi connectivity index (χ0n) is 17.6. The van der Waals surface area contributed by atoms with Gasteiger partial charge in [0, 0.05) is 19.2 Å². The standard InChI is InChI=1S/C24H33NO2S/c1-5-24(4,19-10-7-6-8-11-19)14-15-25(22(26)21-12-9-17-28-21)20-13-16-27-23(2,3)18-20/h6-12,17,20H,5,13-16,18H2,1-4H3/t20-,24-/m0/s1. The molecule has 1 saturated heterocycles. The van der Waals surface area contributed by atoms with Gasteiger partial charge in [-0.3, -0.25) is 4.79 Å². The minimum Gasteiger partial charge on any atom is -0.375 e. The van der Waals surface area contributed by atoms with Crippen LogP contribution >= 0.6 is 11.3 Å². The molecule has 0 spiro atoms. The summed E-state index contributed by atoms with van der Waals surface area (Å²) in [5, 5.41) is 1.99. The third kappa shape index (κ3) is 4.84. The van der Waals surface area contributed by atoms with Crippen molar-refractivity contribution in [3.05, 3.63) is 58.3 Å². The minimum atomic E-state index is -0.176. The Morgan fingerprint density at radius 2 is 2.00 bits per heavy atom. The predicted molar refractivity (Wildman–Crippen MR) is 117 cm³/mol. The molecule has 152 valence electrons. The predicted octanol–water partition coefficient (Wildman–Crippen LogP) is 5.91. The number of hydrogen-bond acceptors (Lipinski definition) is 3. The summed E-state index contributed by atoms with van der Waals surface area (Å²) >= 11 is 1.54. The molecule has 3 nitrogen and oxygen atoms in total. The molecule has 0 radical (unpaired) electrons. The first-order chi connectivity index (χ1) is 13.3. The van der Waals surface area contributed by atoms with Crippen LogP contribution in [0.4, 0.5) is 0 Å². The second kappa shape index (κ2) is 8.79. The number of ether oxygens (including phenoxy) is 1. The highest BCUT2D eigenvalue weighted by Gasteiger charge is 2.36. The van der Waals surface area contributed by atoms with Crippen molar-refractivity contribution >= 4 is 17.2 Å². The molecule has 2 atom stereocenters. The van der Waals surface area contributed by atoms with E-state index in [1.165, 1.54) is 16.9 Å². The van der Waals surface area contributed by atoms with Crippen molar-refractivity contribution in [3.8, 4) is 0 Å². The second-order valence-corrected chi connectivity index (χ2v) is 9.71. The number of amides is 1. The molecule has 28 heavy (non-hydrogen) atoms. The third-order valence-corrected chi connectivity index (χ3v) is 7.12. The van der Waals surface area contributed by atoms with Crippen LogP contribution < -0.4 is 0 Å². The highest BCUT2D eigenvalue weighted by atomic mass is 32.1. The molecule has 2 heterocycles. The molecule has 1 fully saturated rings. The van der Waals surface area contributed by atoms with E-state index >= 15 is 0 Å². The smallest absolute Gasteiger partial charge is 0.264 e. The van der Waals surface area contributed by atoms with Crippen LogP contribution in [0.1, 0.15) is 68.6 Å². The Morgan fingerprint density at radius 1 is 1.25 bits per heavy atom. The summed E-state index contributed by atoms with van der Waals surface area (Å²) in [6.07, 6.45) is 3.81. The molecule has 1 aliphatic heterocycles. The zero-order chi connectivity index (χ0) is 20.2. The largest absolute Gasteiger partial charge is 0.375 e. The average Bonchev–Trinajstić information content (AvgIpc) is 3.22. The van der Waals surface area contributed by atoms with Crippen LogP contribution in [0.2, 0.25) is 0 Å². The molecule has 0 aliphatic carbocycles. The van der Waals surface area contributed by atoms with Crippen LogP contribution in [0.25, 0.3) is 0 Å². The number of benzene rings is 1. The average molecular weight is 400 g/mol. The molecule has 0 N–H and O–H groups in total. The molecule has 1 aromatic heterocycles. The van der Waals surface area contributed by atoms with E-state index < -0.39 is 0 Å². The maximum atomic E-state index is 13.4. The van der Waals surface area contributed by atoms with Gasteiger partial charge in [0.25, 0.3) is 5.91 Å². The van der Waals surface area contributed by atoms with Gasteiger partial charge in [-0.05, 0) is 62.0 Å². The lowest BCUT2D eigenvalue weighted by Crippen LogP contribution is -2.49. The number of carbonyl (C=O) groups is 1. The van der Waals surface area contributed by atoms with Gasteiger partial charge >= 0.3 is 0 Å². The Morgan fingerprint density at radius 3 is 2.61 bits per heavy atom. The molecule has 0 unspecified atom stereocenters. The summed E-state index contributed by atoms with van der Waals surface area (Å²) < 4.78 is 5.92. The fourth-order valence-corrected chi connectivity index (χ4v) is 4.87. The van der Waals surface area contributed by atoms with Crippen molar-refractivity contribution in [3.63, 3.8) is 0 Å². The van der Waals surface area contributed by atoms with Crippen LogP contribution in [0.15, 0.2) is 47.8 Å². The molecule has 3 rings (SSSR count). The van der Waals surface area contributed by atoms with E-state index in [1.54, 1.807) is 0 Å². The highest BCUT2D eigenvalue weighted by Crippen LogP contribution is 2.34. The van der Waals surface area contributed by atoms with Gasteiger partial charge in [-0.2, -0.15) is 0 Å². The van der Waals surface area contributed by atoms with Crippen LogP contribution in [-0.2, 0) is 10.2 Å². The number of hydrogen-bond donors (Lipinski definition) is 0. The third-order valence-electron chi connectivity index (χ3n) is 6.26. The van der Waals surface area contributed by atoms with Crippen molar-refractivity contribution in [2.24, 2.45) is 0 Å². The maximum Gasteiger partial charge on any atom is 0.264 e. The van der Waals surface area contributed by atoms with E-state index in [1.807, 2.05) is 17.5 Å². The fraction of sp³-hybridized carbons (Fsp3) is 0.542. The Labute approximate surface area is 173 Å². The van der Waals surface area contributed by atoms with E-state index in [9.17, 15) is 4.79 Å². The van der Waals surface area contributed by atoms with Crippen molar-refractivity contribution in [2.45, 2.75) is 70.4 Å². The Bertz CT molecular complexity index is 756. The van der Waals surface area contributed by atoms with E-state index in [0.717, 1.165) is 43.7 Å². The quantitative estimate of drug-likeness (QED) is 0.579. The zero-order valence-corrected chi connectivity index (χ0v) is 18.4. The molecule has 2 aromatic rings. The van der Waals surface area contributed by atoms with Gasteiger partial charge in [-0.15, -0.1) is 11.3 Å². The van der Waals surface area contributed by atoms with Crippen LogP contribution in [-0.4, -0.2) is 35.6 Å². The number of carbonyl (C=O) groups excluding carboxylic acids is 1. The molecule has 4 heteroatoms. The molecular formula is C24H33NO2S. The lowest BCUT2D eigenvalue weighted by atomic mass is 9.77. The molecule has 1 aliphatic rings. The van der Waals surface area contributed by atoms with Gasteiger partial charge in [0.15, 0.2) is 0 Å². The Hall–Kier alpha value is -1.65. The van der Waals surface area contributed by atoms with Crippen molar-refractivity contribution in [1.82, 2.24) is 4.90 Å². The lowest BCUT2D eigenvalue weighted by molar-refractivity contribution is -0.0786. The molecule has 1 aromatic carbocycles. The monoisotopic (exact) mass is 399 g/mol. The van der Waals surface area contributed by atoms with Crippen molar-refractivity contribution in [1.29, 1.82) is 0 Å². The molecule has 1 amide bonds. The number of thiophene rings is 1. The van der Waals surface area contributed by atoms with Gasteiger partial charge in [-0.25, -0.2) is 0 Å². The van der Waals surface area contributed by atoms with E-state index in [-0.39, 0.29) is 23.0 Å². The van der Waals surface area contributed by atoms with Gasteiger partial charge in [-0.1, -0.05) is 50.2 Å². The van der Waals surface area contributed by atoms with Crippen LogP contribution in [0.3, 0.4) is 0 Å². The summed E-state index contributed by atoms with van der Waals surface area (Å²) in [5.41, 5.74) is 1.24. The van der Waals surface area contributed by atoms with Crippen LogP contribution in [0, 0.1) is 0 Å². The molecule has 0 saturated carbocycles. The van der Waals surface area contributed by atoms with E-state index in [0.29, 0.717) is 0 Å². The summed E-state index contributed by atoms with van der Waals surface area (Å²) in [5.74, 6) is 0.171. The Kier molecular flexibility index (Phi) is 6.61. The van der Waals surface area contributed by atoms with Gasteiger partial charge < -0.3 is 9.64 Å². The number of nitrogens with zero attached hydrogens (tertiary/aromatic N) is 1. The normalized spacial score (nSPS) is 21.1. The van der Waals surface area contributed by atoms with Gasteiger partial charge in [0.1, 0.15) is 0 Å². The SMILES string of the molecule is CC[C@@](C)(CCN(C(=O)c1cccs1)[C@H]1CCOC(C)(C)C1)c1ccccc1. The first-order valence-corrected chi connectivity index (χ1v) is 11.3. The fourth-order valence-electron chi connectivity index (χ4n) is 4.19. The summed E-state index contributed by atoms with van der Waals surface area (Å²) in [7, 11) is 0. The van der Waals surface area contributed by atoms with Crippen molar-refractivity contribution < 1.29 is 9.53 Å². The number of rotatable bonds is 7. The topological polar surface area (TPSA) is 29.5 Å². The summed E-state index contributed by atoms with van der Waals surface area (Å²) in [4.78, 5) is 16.3. The first kappa shape index (κ1) is 21.1. The second-order valence-electron chi connectivity index (χ2n) is 8.76. The van der Waals surface area contributed by atoms with Gasteiger partial charge in [0.05, 0.1) is 10.5 Å². The minimum absolute atomic E-state index is 0.0654. The molecule has 0 bridgehead atoms. The van der Waals surface area contributed by atoms with E-state index in [4.69, 9.17) is 4.74 Å².